The minimum atomic E-state index is -6.11. The molecule has 0 spiro atoms. The zero-order valence-corrected chi connectivity index (χ0v) is 38.8. The molecule has 0 unspecified atom stereocenters. The maximum Gasteiger partial charge on any atom is 0.501 e. The minimum Gasteiger partial charge on any atom is -0.394 e. The van der Waals surface area contributed by atoms with E-state index in [1.54, 1.807) is 12.1 Å². The molecule has 2 saturated heterocycles. The number of sulfonamides is 1. The number of hydrogen-bond donors (Lipinski definition) is 4. The highest BCUT2D eigenvalue weighted by molar-refractivity contribution is 7.99. The van der Waals surface area contributed by atoms with Gasteiger partial charge in [0, 0.05) is 65.7 Å². The Morgan fingerprint density at radius 2 is 1.56 bits per heavy atom. The Morgan fingerprint density at radius 1 is 0.879 bits per heavy atom. The fourth-order valence-corrected chi connectivity index (χ4v) is 11.3. The molecular weight excluding hydrogens is 937 g/mol. The Hall–Kier alpha value is -4.66. The summed E-state index contributed by atoms with van der Waals surface area (Å²) in [5.41, 5.74) is -2.84. The average Bonchev–Trinajstić information content (AvgIpc) is 3.32. The molecule has 2 aliphatic rings. The molecule has 2 fully saturated rings. The number of thioether (sulfide) groups is 1. The maximum absolute atomic E-state index is 14.2. The molecule has 19 heteroatoms. The number of halogens is 4. The van der Waals surface area contributed by atoms with Gasteiger partial charge in [0.15, 0.2) is 0 Å². The smallest absolute Gasteiger partial charge is 0.394 e. The number of piperidine rings is 1. The van der Waals surface area contributed by atoms with Crippen LogP contribution in [0.4, 0.5) is 24.5 Å². The SMILES string of the molecule is O=C(NS(=O)(=O)c1ccc(N[C@H](CCN2CCO[C@@H](CO)C2)CSc2ccccc2)c(S(=O)(=O)C(F)(F)F)c1)c1ccc(N2CCC([C@H](O)c3ccccc3-c3ccc(Cl)cc3)CC2)cc1. The van der Waals surface area contributed by atoms with Crippen LogP contribution < -0.4 is 14.9 Å². The molecule has 3 atom stereocenters. The number of morpholine rings is 1. The number of aliphatic hydroxyl groups excluding tert-OH is 2. The summed E-state index contributed by atoms with van der Waals surface area (Å²) in [5, 5.41) is 24.7. The van der Waals surface area contributed by atoms with Crippen molar-refractivity contribution in [3.63, 3.8) is 0 Å². The monoisotopic (exact) mass is 986 g/mol. The predicted octanol–water partition coefficient (Wildman–Crippen LogP) is 8.03. The maximum atomic E-state index is 14.2. The number of anilines is 2. The molecule has 5 aromatic rings. The van der Waals surface area contributed by atoms with Gasteiger partial charge in [-0.25, -0.2) is 21.6 Å². The fraction of sp³-hybridized carbons (Fsp3) is 0.340. The van der Waals surface area contributed by atoms with E-state index >= 15 is 0 Å². The van der Waals surface area contributed by atoms with Gasteiger partial charge in [0.1, 0.15) is 4.90 Å². The van der Waals surface area contributed by atoms with Crippen LogP contribution in [0.3, 0.4) is 0 Å². The highest BCUT2D eigenvalue weighted by Crippen LogP contribution is 2.39. The lowest BCUT2D eigenvalue weighted by molar-refractivity contribution is -0.0529. The fourth-order valence-electron chi connectivity index (χ4n) is 8.14. The molecule has 4 N–H and O–H groups in total. The third-order valence-electron chi connectivity index (χ3n) is 11.8. The number of nitrogens with one attached hydrogen (secondary N) is 2. The highest BCUT2D eigenvalue weighted by atomic mass is 35.5. The molecule has 0 aromatic heterocycles. The zero-order chi connectivity index (χ0) is 47.1. The number of nitrogens with zero attached hydrogens (tertiary/aromatic N) is 2. The van der Waals surface area contributed by atoms with Gasteiger partial charge >= 0.3 is 5.51 Å². The standard InChI is InChI=1S/C47H50ClF3N4O8S3/c48-35-14-10-32(11-15-35)41-8-4-5-9-42(41)45(57)33-20-24-55(25-21-33)37-16-12-34(13-17-37)46(58)53-66(61,62)40-18-19-43(44(28-40)65(59,60)47(49,50)51)52-36(31-64-39-6-2-1-3-7-39)22-23-54-26-27-63-38(29-54)30-56/h1-19,28,33,36,38,45,52,56-57H,20-27,29-31H2,(H,53,58)/t36-,38-,45+/m1/s1. The van der Waals surface area contributed by atoms with Crippen LogP contribution >= 0.6 is 23.4 Å². The third-order valence-corrected chi connectivity index (χ3v) is 16.1. The van der Waals surface area contributed by atoms with E-state index in [-0.39, 0.29) is 18.1 Å². The number of aliphatic hydroxyl groups is 2. The lowest BCUT2D eigenvalue weighted by Gasteiger charge is -2.36. The van der Waals surface area contributed by atoms with Crippen molar-refractivity contribution in [2.75, 3.05) is 61.9 Å². The number of carbonyl (C=O) groups excluding carboxylic acids is 1. The van der Waals surface area contributed by atoms with E-state index in [4.69, 9.17) is 16.3 Å². The van der Waals surface area contributed by atoms with Crippen LogP contribution in [-0.2, 0) is 24.6 Å². The Labute approximate surface area is 392 Å². The lowest BCUT2D eigenvalue weighted by atomic mass is 9.84. The Morgan fingerprint density at radius 3 is 2.24 bits per heavy atom. The number of rotatable bonds is 17. The van der Waals surface area contributed by atoms with Gasteiger partial charge in [0.05, 0.1) is 36.0 Å². The van der Waals surface area contributed by atoms with Gasteiger partial charge in [-0.2, -0.15) is 13.2 Å². The molecule has 0 aliphatic carbocycles. The summed E-state index contributed by atoms with van der Waals surface area (Å²) in [6, 6.07) is 32.3. The number of hydrogen-bond acceptors (Lipinski definition) is 12. The van der Waals surface area contributed by atoms with Crippen molar-refractivity contribution in [1.29, 1.82) is 0 Å². The van der Waals surface area contributed by atoms with E-state index in [9.17, 15) is 45.0 Å². The highest BCUT2D eigenvalue weighted by Gasteiger charge is 2.48. The minimum absolute atomic E-state index is 0.0249. The van der Waals surface area contributed by atoms with Crippen LogP contribution in [0.15, 0.2) is 136 Å². The average molecular weight is 988 g/mol. The normalized spacial score (nSPS) is 17.5. The van der Waals surface area contributed by atoms with E-state index in [0.29, 0.717) is 75.4 Å². The first-order valence-electron chi connectivity index (χ1n) is 21.3. The van der Waals surface area contributed by atoms with Crippen molar-refractivity contribution in [3.8, 4) is 11.1 Å². The van der Waals surface area contributed by atoms with Crippen molar-refractivity contribution in [3.05, 3.63) is 137 Å². The Balaban J connectivity index is 1.03. The van der Waals surface area contributed by atoms with Crippen LogP contribution in [0.2, 0.25) is 5.02 Å². The Bertz CT molecular complexity index is 2660. The van der Waals surface area contributed by atoms with Gasteiger partial charge in [0.2, 0.25) is 0 Å². The lowest BCUT2D eigenvalue weighted by Crippen LogP contribution is -2.45. The van der Waals surface area contributed by atoms with Crippen LogP contribution in [-0.4, -0.2) is 107 Å². The summed E-state index contributed by atoms with van der Waals surface area (Å²) in [4.78, 5) is 16.2. The molecule has 2 aliphatic heterocycles. The van der Waals surface area contributed by atoms with Gasteiger partial charge in [0.25, 0.3) is 25.8 Å². The number of ether oxygens (including phenoxy) is 1. The van der Waals surface area contributed by atoms with E-state index in [1.807, 2.05) is 88.5 Å². The van der Waals surface area contributed by atoms with Gasteiger partial charge in [-0.15, -0.1) is 11.8 Å². The first kappa shape index (κ1) is 49.3. The molecule has 1 amide bonds. The van der Waals surface area contributed by atoms with Gasteiger partial charge in [-0.1, -0.05) is 66.2 Å². The number of alkyl halides is 3. The summed E-state index contributed by atoms with van der Waals surface area (Å²) in [6.07, 6.45) is 0.585. The molecule has 352 valence electrons. The molecule has 66 heavy (non-hydrogen) atoms. The summed E-state index contributed by atoms with van der Waals surface area (Å²) < 4.78 is 103. The number of sulfone groups is 1. The van der Waals surface area contributed by atoms with E-state index in [1.165, 1.54) is 23.9 Å². The molecule has 5 aromatic carbocycles. The Kier molecular flexibility index (Phi) is 16.1. The number of carbonyl (C=O) groups is 1. The molecule has 2 heterocycles. The number of amides is 1. The van der Waals surface area contributed by atoms with Crippen molar-refractivity contribution < 1.29 is 49.8 Å². The van der Waals surface area contributed by atoms with Gasteiger partial charge < -0.3 is 25.2 Å². The third kappa shape index (κ3) is 12.1. The first-order valence-corrected chi connectivity index (χ1v) is 25.6. The van der Waals surface area contributed by atoms with Crippen molar-refractivity contribution in [2.24, 2.45) is 5.92 Å². The summed E-state index contributed by atoms with van der Waals surface area (Å²) in [6.45, 7) is 2.83. The first-order chi connectivity index (χ1) is 31.5. The molecular formula is C47H50ClF3N4O8S3. The molecule has 7 rings (SSSR count). The second-order valence-electron chi connectivity index (χ2n) is 16.2. The number of benzene rings is 5. The molecule has 0 saturated carbocycles. The summed E-state index contributed by atoms with van der Waals surface area (Å²) in [7, 11) is -11.0. The topological polar surface area (TPSA) is 166 Å². The molecule has 12 nitrogen and oxygen atoms in total. The van der Waals surface area contributed by atoms with E-state index in [2.05, 4.69) is 10.2 Å². The second-order valence-corrected chi connectivity index (χ2v) is 21.3. The van der Waals surface area contributed by atoms with Crippen LogP contribution in [0.5, 0.6) is 0 Å². The van der Waals surface area contributed by atoms with Crippen molar-refractivity contribution in [2.45, 2.75) is 57.7 Å². The van der Waals surface area contributed by atoms with Gasteiger partial charge in [-0.3, -0.25) is 9.69 Å². The van der Waals surface area contributed by atoms with Crippen LogP contribution in [0.25, 0.3) is 11.1 Å². The predicted molar refractivity (Wildman–Crippen MR) is 250 cm³/mol. The van der Waals surface area contributed by atoms with Crippen molar-refractivity contribution in [1.82, 2.24) is 9.62 Å². The zero-order valence-electron chi connectivity index (χ0n) is 35.6. The van der Waals surface area contributed by atoms with E-state index < -0.39 is 65.0 Å². The summed E-state index contributed by atoms with van der Waals surface area (Å²) >= 11 is 7.50. The van der Waals surface area contributed by atoms with Gasteiger partial charge in [-0.05, 0) is 109 Å². The largest absolute Gasteiger partial charge is 0.501 e. The van der Waals surface area contributed by atoms with E-state index in [0.717, 1.165) is 39.4 Å². The van der Waals surface area contributed by atoms with Crippen molar-refractivity contribution >= 4 is 60.5 Å². The quantitative estimate of drug-likeness (QED) is 0.0665. The second kappa shape index (κ2) is 21.5. The molecule has 0 radical (unpaired) electrons. The van der Waals surface area contributed by atoms with Crippen LogP contribution in [0, 0.1) is 5.92 Å². The molecule has 0 bridgehead atoms. The summed E-state index contributed by atoms with van der Waals surface area (Å²) in [5.74, 6) is -0.793. The van der Waals surface area contributed by atoms with Crippen LogP contribution in [0.1, 0.15) is 41.3 Å².